The molecule has 0 unspecified atom stereocenters. The lowest BCUT2D eigenvalue weighted by atomic mass is 9.87. The lowest BCUT2D eigenvalue weighted by Crippen LogP contribution is -2.16. The molecule has 0 aliphatic heterocycles. The molecule has 0 saturated carbocycles. The third kappa shape index (κ3) is 2.37. The molecule has 0 heterocycles. The Morgan fingerprint density at radius 3 is 2.44 bits per heavy atom. The van der Waals surface area contributed by atoms with Crippen molar-refractivity contribution >= 4 is 17.6 Å². The fourth-order valence-corrected chi connectivity index (χ4v) is 2.48. The molecule has 4 nitrogen and oxygen atoms in total. The molecule has 2 rings (SSSR count). The normalized spacial score (nSPS) is 13.7. The number of fused-ring (bicyclic) bond motifs is 1. The summed E-state index contributed by atoms with van der Waals surface area (Å²) in [6, 6.07) is 3.53. The smallest absolute Gasteiger partial charge is 0.338 e. The molecule has 0 saturated heterocycles. The molecule has 0 radical (unpaired) electrons. The summed E-state index contributed by atoms with van der Waals surface area (Å²) in [5, 5.41) is 2.83. The fourth-order valence-electron chi connectivity index (χ4n) is 2.48. The highest BCUT2D eigenvalue weighted by atomic mass is 16.5. The second kappa shape index (κ2) is 5.21. The van der Waals surface area contributed by atoms with E-state index in [2.05, 4.69) is 5.32 Å². The van der Waals surface area contributed by atoms with Gasteiger partial charge in [-0.3, -0.25) is 4.79 Å². The molecule has 0 fully saturated rings. The van der Waals surface area contributed by atoms with E-state index in [1.807, 2.05) is 0 Å². The Morgan fingerprint density at radius 1 is 1.17 bits per heavy atom. The Bertz CT molecular complexity index is 494. The van der Waals surface area contributed by atoms with Gasteiger partial charge in [0.15, 0.2) is 0 Å². The average Bonchev–Trinajstić information content (AvgIpc) is 2.38. The van der Waals surface area contributed by atoms with Gasteiger partial charge in [-0.2, -0.15) is 0 Å². The Balaban J connectivity index is 2.48. The van der Waals surface area contributed by atoms with Gasteiger partial charge in [-0.25, -0.2) is 4.79 Å². The van der Waals surface area contributed by atoms with Crippen LogP contribution < -0.4 is 5.32 Å². The third-order valence-electron chi connectivity index (χ3n) is 3.25. The molecule has 96 valence electrons. The first kappa shape index (κ1) is 12.6. The second-order valence-electron chi connectivity index (χ2n) is 4.50. The van der Waals surface area contributed by atoms with Gasteiger partial charge in [0.2, 0.25) is 5.91 Å². The second-order valence-corrected chi connectivity index (χ2v) is 4.50. The summed E-state index contributed by atoms with van der Waals surface area (Å²) in [7, 11) is 1.39. The number of benzene rings is 1. The van der Waals surface area contributed by atoms with Crippen LogP contribution in [-0.4, -0.2) is 19.0 Å². The van der Waals surface area contributed by atoms with Gasteiger partial charge < -0.3 is 10.1 Å². The van der Waals surface area contributed by atoms with Crippen LogP contribution in [0.3, 0.4) is 0 Å². The molecule has 1 aromatic rings. The molecule has 1 aliphatic carbocycles. The first-order valence-corrected chi connectivity index (χ1v) is 6.14. The predicted molar refractivity (Wildman–Crippen MR) is 68.7 cm³/mol. The SMILES string of the molecule is COC(=O)c1ccc(NC(C)=O)c2c1CCCC2. The molecular weight excluding hydrogens is 230 g/mol. The van der Waals surface area contributed by atoms with Crippen molar-refractivity contribution in [3.8, 4) is 0 Å². The minimum Gasteiger partial charge on any atom is -0.465 e. The number of amides is 1. The summed E-state index contributed by atoms with van der Waals surface area (Å²) in [6.45, 7) is 1.49. The van der Waals surface area contributed by atoms with Crippen LogP contribution in [0.25, 0.3) is 0 Å². The van der Waals surface area contributed by atoms with Crippen molar-refractivity contribution in [1.29, 1.82) is 0 Å². The topological polar surface area (TPSA) is 55.4 Å². The van der Waals surface area contributed by atoms with Crippen molar-refractivity contribution in [1.82, 2.24) is 0 Å². The lowest BCUT2D eigenvalue weighted by molar-refractivity contribution is -0.114. The first-order chi connectivity index (χ1) is 8.63. The maximum atomic E-state index is 11.7. The highest BCUT2D eigenvalue weighted by Gasteiger charge is 2.21. The van der Waals surface area contributed by atoms with Gasteiger partial charge in [0.05, 0.1) is 12.7 Å². The highest BCUT2D eigenvalue weighted by molar-refractivity contribution is 5.95. The molecular formula is C14H17NO3. The summed E-state index contributed by atoms with van der Waals surface area (Å²) < 4.78 is 4.80. The van der Waals surface area contributed by atoms with Crippen molar-refractivity contribution < 1.29 is 14.3 Å². The largest absolute Gasteiger partial charge is 0.465 e. The maximum absolute atomic E-state index is 11.7. The van der Waals surface area contributed by atoms with Gasteiger partial charge >= 0.3 is 5.97 Å². The molecule has 4 heteroatoms. The van der Waals surface area contributed by atoms with E-state index in [1.165, 1.54) is 14.0 Å². The molecule has 0 aromatic heterocycles. The average molecular weight is 247 g/mol. The Kier molecular flexibility index (Phi) is 3.65. The number of anilines is 1. The summed E-state index contributed by atoms with van der Waals surface area (Å²) in [4.78, 5) is 22.9. The van der Waals surface area contributed by atoms with E-state index in [0.29, 0.717) is 5.56 Å². The Hall–Kier alpha value is -1.84. The van der Waals surface area contributed by atoms with E-state index in [4.69, 9.17) is 4.74 Å². The van der Waals surface area contributed by atoms with Crippen LogP contribution in [0.2, 0.25) is 0 Å². The fraction of sp³-hybridized carbons (Fsp3) is 0.429. The Labute approximate surface area is 106 Å². The number of carbonyl (C=O) groups excluding carboxylic acids is 2. The zero-order chi connectivity index (χ0) is 13.1. The van der Waals surface area contributed by atoms with Gasteiger partial charge in [0.25, 0.3) is 0 Å². The van der Waals surface area contributed by atoms with Crippen molar-refractivity contribution in [2.24, 2.45) is 0 Å². The zero-order valence-corrected chi connectivity index (χ0v) is 10.7. The van der Waals surface area contributed by atoms with Crippen LogP contribution in [0.1, 0.15) is 41.3 Å². The molecule has 18 heavy (non-hydrogen) atoms. The third-order valence-corrected chi connectivity index (χ3v) is 3.25. The maximum Gasteiger partial charge on any atom is 0.338 e. The van der Waals surface area contributed by atoms with Gasteiger partial charge in [-0.05, 0) is 48.9 Å². The highest BCUT2D eigenvalue weighted by Crippen LogP contribution is 2.31. The monoisotopic (exact) mass is 247 g/mol. The number of nitrogens with one attached hydrogen (secondary N) is 1. The molecule has 0 bridgehead atoms. The van der Waals surface area contributed by atoms with Crippen LogP contribution in [-0.2, 0) is 22.4 Å². The van der Waals surface area contributed by atoms with Crippen LogP contribution in [0, 0.1) is 0 Å². The van der Waals surface area contributed by atoms with Crippen LogP contribution in [0.15, 0.2) is 12.1 Å². The molecule has 1 amide bonds. The summed E-state index contributed by atoms with van der Waals surface area (Å²) in [5.74, 6) is -0.392. The number of ether oxygens (including phenoxy) is 1. The first-order valence-electron chi connectivity index (χ1n) is 6.14. The number of hydrogen-bond donors (Lipinski definition) is 1. The van der Waals surface area contributed by atoms with E-state index in [1.54, 1.807) is 12.1 Å². The van der Waals surface area contributed by atoms with E-state index >= 15 is 0 Å². The van der Waals surface area contributed by atoms with E-state index in [9.17, 15) is 9.59 Å². The van der Waals surface area contributed by atoms with E-state index in [0.717, 1.165) is 42.5 Å². The van der Waals surface area contributed by atoms with E-state index in [-0.39, 0.29) is 11.9 Å². The molecule has 0 spiro atoms. The quantitative estimate of drug-likeness (QED) is 0.816. The van der Waals surface area contributed by atoms with E-state index < -0.39 is 0 Å². The van der Waals surface area contributed by atoms with Gasteiger partial charge in [0, 0.05) is 12.6 Å². The van der Waals surface area contributed by atoms with Crippen LogP contribution in [0.5, 0.6) is 0 Å². The van der Waals surface area contributed by atoms with Crippen molar-refractivity contribution in [3.05, 3.63) is 28.8 Å². The van der Waals surface area contributed by atoms with Crippen molar-refractivity contribution in [2.45, 2.75) is 32.6 Å². The summed E-state index contributed by atoms with van der Waals surface area (Å²) in [5.41, 5.74) is 3.56. The summed E-state index contributed by atoms with van der Waals surface area (Å²) >= 11 is 0. The number of hydrogen-bond acceptors (Lipinski definition) is 3. The number of carbonyl (C=O) groups is 2. The number of esters is 1. The Morgan fingerprint density at radius 2 is 1.83 bits per heavy atom. The number of rotatable bonds is 2. The lowest BCUT2D eigenvalue weighted by Gasteiger charge is -2.21. The number of methoxy groups -OCH3 is 1. The van der Waals surface area contributed by atoms with Crippen molar-refractivity contribution in [2.75, 3.05) is 12.4 Å². The van der Waals surface area contributed by atoms with Gasteiger partial charge in [-0.1, -0.05) is 0 Å². The molecule has 1 N–H and O–H groups in total. The predicted octanol–water partition coefficient (Wildman–Crippen LogP) is 2.31. The summed E-state index contributed by atoms with van der Waals surface area (Å²) in [6.07, 6.45) is 3.92. The van der Waals surface area contributed by atoms with Crippen molar-refractivity contribution in [3.63, 3.8) is 0 Å². The molecule has 1 aromatic carbocycles. The minimum absolute atomic E-state index is 0.0893. The van der Waals surface area contributed by atoms with Gasteiger partial charge in [-0.15, -0.1) is 0 Å². The minimum atomic E-state index is -0.303. The molecule has 1 aliphatic rings. The van der Waals surface area contributed by atoms with Crippen LogP contribution in [0.4, 0.5) is 5.69 Å². The standard InChI is InChI=1S/C14H17NO3/c1-9(16)15-13-8-7-12(14(17)18-2)10-5-3-4-6-11(10)13/h7-8H,3-6H2,1-2H3,(H,15,16). The molecule has 0 atom stereocenters. The van der Waals surface area contributed by atoms with Gasteiger partial charge in [0.1, 0.15) is 0 Å². The van der Waals surface area contributed by atoms with Crippen LogP contribution >= 0.6 is 0 Å². The zero-order valence-electron chi connectivity index (χ0n) is 10.7.